The topological polar surface area (TPSA) is 3.24 Å². The molecule has 0 aliphatic carbocycles. The van der Waals surface area contributed by atoms with Crippen LogP contribution in [0.4, 0.5) is 0 Å². The van der Waals surface area contributed by atoms with E-state index in [0.717, 1.165) is 0 Å². The molecule has 0 amide bonds. The number of hydrogen-bond acceptors (Lipinski definition) is 1. The summed E-state index contributed by atoms with van der Waals surface area (Å²) in [5.74, 6) is 0. The standard InChI is InChI=1S/C12H24NSi.2C4H9.Al/c1-11-7-6-8-12(2)13(11)9-10-14(3,4)5;2*1-4(2)3;/h9,11-12H,6-8H2,1-5H3;2*1-3H3;. The minimum Gasteiger partial charge on any atom is -0.374 e. The Hall–Kier alpha value is 0.289. The van der Waals surface area contributed by atoms with Gasteiger partial charge < -0.3 is 4.90 Å². The van der Waals surface area contributed by atoms with Crippen LogP contribution in [0, 0.1) is 0 Å². The summed E-state index contributed by atoms with van der Waals surface area (Å²) in [6.07, 6.45) is 6.80. The van der Waals surface area contributed by atoms with Crippen molar-refractivity contribution in [3.8, 4) is 0 Å². The first-order chi connectivity index (χ1) is 10.2. The highest BCUT2D eigenvalue weighted by atomic mass is 28.3. The Morgan fingerprint density at radius 2 is 1.30 bits per heavy atom. The van der Waals surface area contributed by atoms with E-state index in [1.54, 1.807) is 0 Å². The van der Waals surface area contributed by atoms with E-state index >= 15 is 0 Å². The van der Waals surface area contributed by atoms with Crippen molar-refractivity contribution in [2.75, 3.05) is 0 Å². The molecule has 1 rings (SSSR count). The number of nitrogens with zero attached hydrogens (tertiary/aromatic N) is 1. The van der Waals surface area contributed by atoms with Crippen LogP contribution in [0.15, 0.2) is 10.3 Å². The lowest BCUT2D eigenvalue weighted by Crippen LogP contribution is -2.48. The second-order valence-corrected chi connectivity index (χ2v) is 21.7. The highest BCUT2D eigenvalue weighted by Crippen LogP contribution is 2.47. The van der Waals surface area contributed by atoms with Gasteiger partial charge in [-0.1, -0.05) is 69.7 Å². The Morgan fingerprint density at radius 3 is 1.61 bits per heavy atom. The fourth-order valence-electron chi connectivity index (χ4n) is 4.79. The summed E-state index contributed by atoms with van der Waals surface area (Å²) in [4.78, 5) is 2.73. The van der Waals surface area contributed by atoms with Crippen molar-refractivity contribution in [1.82, 2.24) is 4.90 Å². The molecule has 1 aliphatic heterocycles. The minimum absolute atomic E-state index is 0.437. The van der Waals surface area contributed by atoms with Crippen LogP contribution < -0.4 is 0 Å². The zero-order valence-electron chi connectivity index (χ0n) is 17.9. The fraction of sp³-hybridized carbons (Fsp3) is 0.900. The first kappa shape index (κ1) is 21.3. The van der Waals surface area contributed by atoms with Crippen LogP contribution in [-0.4, -0.2) is 39.2 Å². The number of likely N-dealkylation sites (tertiary alicyclic amines) is 1. The zero-order valence-corrected chi connectivity index (χ0v) is 20.0. The lowest BCUT2D eigenvalue weighted by Gasteiger charge is -2.45. The second-order valence-electron chi connectivity index (χ2n) is 11.1. The second kappa shape index (κ2) is 7.27. The van der Waals surface area contributed by atoms with Crippen molar-refractivity contribution in [2.24, 2.45) is 0 Å². The third-order valence-electron chi connectivity index (χ3n) is 5.46. The van der Waals surface area contributed by atoms with E-state index in [1.807, 2.05) is 4.06 Å². The highest BCUT2D eigenvalue weighted by Gasteiger charge is 2.47. The molecule has 0 bridgehead atoms. The monoisotopic (exact) mass is 351 g/mol. The van der Waals surface area contributed by atoms with Gasteiger partial charge in [0.15, 0.2) is 0 Å². The molecule has 1 nitrogen and oxygen atoms in total. The van der Waals surface area contributed by atoms with Crippen molar-refractivity contribution < 1.29 is 0 Å². The van der Waals surface area contributed by atoms with Crippen LogP contribution in [0.25, 0.3) is 0 Å². The summed E-state index contributed by atoms with van der Waals surface area (Å²) in [6, 6.07) is 1.42. The lowest BCUT2D eigenvalue weighted by molar-refractivity contribution is 0.164. The minimum atomic E-state index is -1.33. The van der Waals surface area contributed by atoms with Crippen LogP contribution in [0.5, 0.6) is 0 Å². The van der Waals surface area contributed by atoms with Gasteiger partial charge in [0, 0.05) is 12.1 Å². The molecule has 1 aliphatic rings. The van der Waals surface area contributed by atoms with E-state index < -0.39 is 22.2 Å². The molecular formula is C20H42AlNSi. The maximum atomic E-state index is 2.73. The number of rotatable bonds is 3. The van der Waals surface area contributed by atoms with Gasteiger partial charge in [0.2, 0.25) is 0 Å². The Morgan fingerprint density at radius 1 is 0.913 bits per heavy atom. The summed E-state index contributed by atoms with van der Waals surface area (Å²) in [5.41, 5.74) is 0. The summed E-state index contributed by atoms with van der Waals surface area (Å²) < 4.78 is 2.78. The van der Waals surface area contributed by atoms with Gasteiger partial charge in [-0.15, -0.1) is 4.06 Å². The van der Waals surface area contributed by atoms with Gasteiger partial charge in [-0.2, -0.15) is 0 Å². The fourth-order valence-corrected chi connectivity index (χ4v) is 16.2. The van der Waals surface area contributed by atoms with Crippen LogP contribution in [0.1, 0.15) is 74.7 Å². The normalized spacial score (nSPS) is 24.8. The molecule has 2 unspecified atom stereocenters. The van der Waals surface area contributed by atoms with Gasteiger partial charge in [-0.25, -0.2) is 0 Å². The largest absolute Gasteiger partial charge is 0.374 e. The molecule has 0 saturated carbocycles. The highest BCUT2D eigenvalue weighted by molar-refractivity contribution is 6.99. The van der Waals surface area contributed by atoms with Gasteiger partial charge >= 0.3 is 14.1 Å². The van der Waals surface area contributed by atoms with Crippen LogP contribution in [-0.2, 0) is 0 Å². The SMILES string of the molecule is CC1CCCC(C)N1/C=[C](\[Al]([C](C)(C)C)[C](C)(C)C)[Si](C)(C)C. The molecule has 0 spiro atoms. The zero-order chi connectivity index (χ0) is 18.2. The smallest absolute Gasteiger partial charge is 0.308 e. The van der Waals surface area contributed by atoms with E-state index in [-0.39, 0.29) is 0 Å². The predicted octanol–water partition coefficient (Wildman–Crippen LogP) is 6.64. The van der Waals surface area contributed by atoms with Crippen LogP contribution >= 0.6 is 0 Å². The van der Waals surface area contributed by atoms with Crippen molar-refractivity contribution in [3.63, 3.8) is 0 Å². The molecule has 0 aromatic carbocycles. The maximum absolute atomic E-state index is 2.73. The third-order valence-corrected chi connectivity index (χ3v) is 15.0. The van der Waals surface area contributed by atoms with Gasteiger partial charge in [0.1, 0.15) is 0 Å². The molecule has 3 heteroatoms. The van der Waals surface area contributed by atoms with Crippen LogP contribution in [0.2, 0.25) is 28.2 Å². The maximum Gasteiger partial charge on any atom is 0.308 e. The molecule has 2 atom stereocenters. The van der Waals surface area contributed by atoms with Crippen molar-refractivity contribution in [3.05, 3.63) is 10.3 Å². The number of hydrogen-bond donors (Lipinski definition) is 0. The van der Waals surface area contributed by atoms with Gasteiger partial charge in [-0.3, -0.25) is 0 Å². The summed E-state index contributed by atoms with van der Waals surface area (Å²) in [6.45, 7) is 27.5. The molecule has 0 N–H and O–H groups in total. The quantitative estimate of drug-likeness (QED) is 0.515. The van der Waals surface area contributed by atoms with E-state index in [4.69, 9.17) is 0 Å². The average Bonchev–Trinajstić information content (AvgIpc) is 2.27. The first-order valence-electron chi connectivity index (χ1n) is 9.65. The van der Waals surface area contributed by atoms with E-state index in [0.29, 0.717) is 20.6 Å². The first-order valence-corrected chi connectivity index (χ1v) is 14.9. The van der Waals surface area contributed by atoms with Crippen molar-refractivity contribution in [2.45, 2.75) is 115 Å². The van der Waals surface area contributed by atoms with E-state index in [2.05, 4.69) is 86.1 Å². The third kappa shape index (κ3) is 5.65. The van der Waals surface area contributed by atoms with Gasteiger partial charge in [0.05, 0.1) is 8.07 Å². The summed E-state index contributed by atoms with van der Waals surface area (Å²) in [7, 11) is -1.33. The van der Waals surface area contributed by atoms with E-state index in [1.165, 1.54) is 19.3 Å². The summed E-state index contributed by atoms with van der Waals surface area (Å²) >= 11 is -1.09. The number of piperidine rings is 1. The van der Waals surface area contributed by atoms with E-state index in [9.17, 15) is 0 Å². The Bertz CT molecular complexity index is 398. The summed E-state index contributed by atoms with van der Waals surface area (Å²) in [5, 5.41) is 0. The Labute approximate surface area is 152 Å². The predicted molar refractivity (Wildman–Crippen MR) is 111 cm³/mol. The van der Waals surface area contributed by atoms with Gasteiger partial charge in [0.25, 0.3) is 0 Å². The molecule has 1 heterocycles. The molecular weight excluding hydrogens is 309 g/mol. The van der Waals surface area contributed by atoms with Crippen LogP contribution in [0.3, 0.4) is 0 Å². The molecule has 0 radical (unpaired) electrons. The molecule has 0 aromatic heterocycles. The Kier molecular flexibility index (Phi) is 6.74. The molecule has 0 aromatic rings. The lowest BCUT2D eigenvalue weighted by atomic mass is 9.98. The average molecular weight is 352 g/mol. The molecule has 1 saturated heterocycles. The van der Waals surface area contributed by atoms with Crippen molar-refractivity contribution in [1.29, 1.82) is 0 Å². The Balaban J connectivity index is 3.41. The molecule has 23 heavy (non-hydrogen) atoms. The molecule has 134 valence electrons. The van der Waals surface area contributed by atoms with Crippen molar-refractivity contribution >= 4 is 22.2 Å². The van der Waals surface area contributed by atoms with Gasteiger partial charge in [-0.05, 0) is 39.3 Å². The molecule has 1 fully saturated rings.